The van der Waals surface area contributed by atoms with Crippen LogP contribution in [0.5, 0.6) is 5.75 Å². The smallest absolute Gasteiger partial charge is 0.178 e. The molecule has 0 spiro atoms. The zero-order valence-corrected chi connectivity index (χ0v) is 12.0. The van der Waals surface area contributed by atoms with Crippen LogP contribution >= 0.6 is 0 Å². The molecule has 1 aliphatic rings. The zero-order valence-electron chi connectivity index (χ0n) is 12.0. The van der Waals surface area contributed by atoms with Crippen LogP contribution in [0.2, 0.25) is 0 Å². The van der Waals surface area contributed by atoms with Gasteiger partial charge >= 0.3 is 0 Å². The molecule has 0 radical (unpaired) electrons. The molecule has 1 N–H and O–H groups in total. The standard InChI is InChI=1S/C15H14FN5O/c1-9-18-19-15-5-4-14(20-21(9)15)17-12-6-7-22-13-3-2-10(16)8-11(12)13/h2-5,8,12H,6-7H2,1H3,(H,17,20). The van der Waals surface area contributed by atoms with Crippen LogP contribution < -0.4 is 10.1 Å². The number of fused-ring (bicyclic) bond motifs is 2. The van der Waals surface area contributed by atoms with E-state index in [2.05, 4.69) is 20.6 Å². The summed E-state index contributed by atoms with van der Waals surface area (Å²) in [5.74, 6) is 1.86. The van der Waals surface area contributed by atoms with E-state index in [4.69, 9.17) is 4.74 Å². The number of hydrogen-bond donors (Lipinski definition) is 1. The summed E-state index contributed by atoms with van der Waals surface area (Å²) in [5.41, 5.74) is 1.51. The third kappa shape index (κ3) is 2.14. The molecule has 0 amide bonds. The summed E-state index contributed by atoms with van der Waals surface area (Å²) < 4.78 is 20.8. The Kier molecular flexibility index (Phi) is 2.92. The van der Waals surface area contributed by atoms with Gasteiger partial charge in [0.25, 0.3) is 0 Å². The van der Waals surface area contributed by atoms with Crippen molar-refractivity contribution in [3.05, 3.63) is 47.5 Å². The molecule has 0 saturated carbocycles. The van der Waals surface area contributed by atoms with Crippen LogP contribution in [0.1, 0.15) is 23.9 Å². The van der Waals surface area contributed by atoms with E-state index < -0.39 is 0 Å². The summed E-state index contributed by atoms with van der Waals surface area (Å²) in [5, 5.41) is 15.8. The lowest BCUT2D eigenvalue weighted by Gasteiger charge is -2.27. The van der Waals surface area contributed by atoms with Crippen LogP contribution in [0.25, 0.3) is 5.65 Å². The fraction of sp³-hybridized carbons (Fsp3) is 0.267. The highest BCUT2D eigenvalue weighted by atomic mass is 19.1. The average molecular weight is 299 g/mol. The van der Waals surface area contributed by atoms with E-state index in [1.165, 1.54) is 12.1 Å². The topological polar surface area (TPSA) is 64.3 Å². The summed E-state index contributed by atoms with van der Waals surface area (Å²) >= 11 is 0. The van der Waals surface area contributed by atoms with Crippen molar-refractivity contribution in [2.45, 2.75) is 19.4 Å². The molecule has 0 fully saturated rings. The fourth-order valence-electron chi connectivity index (χ4n) is 2.67. The van der Waals surface area contributed by atoms with Crippen molar-refractivity contribution in [2.24, 2.45) is 0 Å². The molecule has 3 aromatic rings. The van der Waals surface area contributed by atoms with Gasteiger partial charge in [-0.15, -0.1) is 15.3 Å². The molecular formula is C15H14FN5O. The second-order valence-corrected chi connectivity index (χ2v) is 5.25. The Morgan fingerprint density at radius 1 is 1.27 bits per heavy atom. The van der Waals surface area contributed by atoms with Crippen molar-refractivity contribution in [1.29, 1.82) is 0 Å². The maximum atomic E-state index is 13.5. The molecule has 4 rings (SSSR count). The molecule has 0 aliphatic carbocycles. The second kappa shape index (κ2) is 4.94. The van der Waals surface area contributed by atoms with Crippen LogP contribution in [0, 0.1) is 12.7 Å². The maximum Gasteiger partial charge on any atom is 0.178 e. The number of aryl methyl sites for hydroxylation is 1. The average Bonchev–Trinajstić information content (AvgIpc) is 2.89. The largest absolute Gasteiger partial charge is 0.493 e. The SMILES string of the molecule is Cc1nnc2ccc(NC3CCOc4ccc(F)cc43)nn12. The molecule has 2 aromatic heterocycles. The highest BCUT2D eigenvalue weighted by Gasteiger charge is 2.22. The molecule has 1 aliphatic heterocycles. The Bertz CT molecular complexity index is 847. The number of anilines is 1. The van der Waals surface area contributed by atoms with Gasteiger partial charge in [0, 0.05) is 12.0 Å². The summed E-state index contributed by atoms with van der Waals surface area (Å²) in [4.78, 5) is 0. The van der Waals surface area contributed by atoms with Gasteiger partial charge in [-0.3, -0.25) is 0 Å². The summed E-state index contributed by atoms with van der Waals surface area (Å²) in [6, 6.07) is 8.24. The van der Waals surface area contributed by atoms with E-state index >= 15 is 0 Å². The van der Waals surface area contributed by atoms with Crippen LogP contribution in [0.15, 0.2) is 30.3 Å². The molecule has 1 atom stereocenters. The van der Waals surface area contributed by atoms with E-state index in [9.17, 15) is 4.39 Å². The van der Waals surface area contributed by atoms with Crippen molar-refractivity contribution >= 4 is 11.5 Å². The molecule has 1 aromatic carbocycles. The van der Waals surface area contributed by atoms with Crippen LogP contribution in [-0.4, -0.2) is 26.4 Å². The summed E-state index contributed by atoms with van der Waals surface area (Å²) in [6.45, 7) is 2.43. The Labute approximate surface area is 125 Å². The molecule has 22 heavy (non-hydrogen) atoms. The second-order valence-electron chi connectivity index (χ2n) is 5.25. The highest BCUT2D eigenvalue weighted by Crippen LogP contribution is 2.34. The molecular weight excluding hydrogens is 285 g/mol. The van der Waals surface area contributed by atoms with Gasteiger partial charge in [0.05, 0.1) is 12.6 Å². The van der Waals surface area contributed by atoms with Crippen molar-refractivity contribution < 1.29 is 9.13 Å². The lowest BCUT2D eigenvalue weighted by Crippen LogP contribution is -2.21. The van der Waals surface area contributed by atoms with E-state index in [-0.39, 0.29) is 11.9 Å². The molecule has 7 heteroatoms. The van der Waals surface area contributed by atoms with Crippen molar-refractivity contribution in [1.82, 2.24) is 19.8 Å². The first kappa shape index (κ1) is 13.0. The van der Waals surface area contributed by atoms with Crippen molar-refractivity contribution in [3.8, 4) is 5.75 Å². The van der Waals surface area contributed by atoms with Gasteiger partial charge in [-0.05, 0) is 37.3 Å². The van der Waals surface area contributed by atoms with E-state index in [0.717, 1.165) is 17.8 Å². The first-order valence-electron chi connectivity index (χ1n) is 7.08. The van der Waals surface area contributed by atoms with Crippen molar-refractivity contribution in [2.75, 3.05) is 11.9 Å². The van der Waals surface area contributed by atoms with Gasteiger partial charge in [-0.25, -0.2) is 4.39 Å². The van der Waals surface area contributed by atoms with Gasteiger partial charge in [0.1, 0.15) is 17.4 Å². The lowest BCUT2D eigenvalue weighted by atomic mass is 10.0. The number of aromatic nitrogens is 4. The minimum atomic E-state index is -0.269. The number of ether oxygens (including phenoxy) is 1. The monoisotopic (exact) mass is 299 g/mol. The van der Waals surface area contributed by atoms with Crippen LogP contribution in [0.3, 0.4) is 0 Å². The Hall–Kier alpha value is -2.70. The predicted molar refractivity (Wildman–Crippen MR) is 78.4 cm³/mol. The minimum absolute atomic E-state index is 0.0406. The van der Waals surface area contributed by atoms with Crippen LogP contribution in [-0.2, 0) is 0 Å². The first-order valence-corrected chi connectivity index (χ1v) is 7.08. The Morgan fingerprint density at radius 3 is 3.09 bits per heavy atom. The molecule has 1 unspecified atom stereocenters. The highest BCUT2D eigenvalue weighted by molar-refractivity contribution is 5.47. The lowest BCUT2D eigenvalue weighted by molar-refractivity contribution is 0.273. The van der Waals surface area contributed by atoms with Crippen molar-refractivity contribution in [3.63, 3.8) is 0 Å². The van der Waals surface area contributed by atoms with Crippen LogP contribution in [0.4, 0.5) is 10.2 Å². The number of nitrogens with one attached hydrogen (secondary N) is 1. The predicted octanol–water partition coefficient (Wildman–Crippen LogP) is 2.51. The van der Waals surface area contributed by atoms with Gasteiger partial charge < -0.3 is 10.1 Å². The Morgan fingerprint density at radius 2 is 2.18 bits per heavy atom. The maximum absolute atomic E-state index is 13.5. The van der Waals surface area contributed by atoms with Gasteiger partial charge in [0.2, 0.25) is 0 Å². The van der Waals surface area contributed by atoms with Gasteiger partial charge in [-0.1, -0.05) is 0 Å². The van der Waals surface area contributed by atoms with E-state index in [1.807, 2.05) is 19.1 Å². The molecule has 0 saturated heterocycles. The minimum Gasteiger partial charge on any atom is -0.493 e. The number of nitrogens with zero attached hydrogens (tertiary/aromatic N) is 4. The number of halogens is 1. The summed E-state index contributed by atoms with van der Waals surface area (Å²) in [7, 11) is 0. The van der Waals surface area contributed by atoms with Gasteiger partial charge in [0.15, 0.2) is 11.5 Å². The third-order valence-corrected chi connectivity index (χ3v) is 3.75. The Balaban J connectivity index is 1.68. The fourth-order valence-corrected chi connectivity index (χ4v) is 2.67. The normalized spacial score (nSPS) is 17.1. The van der Waals surface area contributed by atoms with E-state index in [0.29, 0.717) is 23.8 Å². The quantitative estimate of drug-likeness (QED) is 0.787. The molecule has 112 valence electrons. The third-order valence-electron chi connectivity index (χ3n) is 3.75. The molecule has 3 heterocycles. The first-order chi connectivity index (χ1) is 10.7. The van der Waals surface area contributed by atoms with E-state index in [1.54, 1.807) is 10.6 Å². The number of benzene rings is 1. The molecule has 0 bridgehead atoms. The number of hydrogen-bond acceptors (Lipinski definition) is 5. The summed E-state index contributed by atoms with van der Waals surface area (Å²) in [6.07, 6.45) is 0.747. The zero-order chi connectivity index (χ0) is 15.1. The van der Waals surface area contributed by atoms with Gasteiger partial charge in [-0.2, -0.15) is 4.52 Å². The molecule has 6 nitrogen and oxygen atoms in total. The number of rotatable bonds is 2.